The molecule has 0 aliphatic carbocycles. The summed E-state index contributed by atoms with van der Waals surface area (Å²) < 4.78 is 14.2. The van der Waals surface area contributed by atoms with Crippen molar-refractivity contribution in [3.8, 4) is 28.6 Å². The molecule has 9 heteroatoms. The van der Waals surface area contributed by atoms with E-state index >= 15 is 0 Å². The summed E-state index contributed by atoms with van der Waals surface area (Å²) in [5, 5.41) is 9.18. The first-order valence-corrected chi connectivity index (χ1v) is 11.2. The van der Waals surface area contributed by atoms with E-state index in [0.29, 0.717) is 16.7 Å². The number of benzene rings is 3. The molecule has 0 atom stereocenters. The molecule has 3 aromatic carbocycles. The zero-order valence-corrected chi connectivity index (χ0v) is 19.0. The maximum Gasteiger partial charge on any atom is 0.210 e. The average molecular weight is 459 g/mol. The normalized spacial score (nSPS) is 11.1. The molecule has 2 aromatic heterocycles. The van der Waals surface area contributed by atoms with Crippen LogP contribution in [0.3, 0.4) is 0 Å². The number of fused-ring (bicyclic) bond motifs is 1. The van der Waals surface area contributed by atoms with Gasteiger partial charge in [-0.15, -0.1) is 10.2 Å². The van der Waals surface area contributed by atoms with Crippen LogP contribution in [0.15, 0.2) is 78.0 Å². The van der Waals surface area contributed by atoms with Crippen molar-refractivity contribution in [3.63, 3.8) is 0 Å². The van der Waals surface area contributed by atoms with Gasteiger partial charge in [0.15, 0.2) is 5.82 Å². The molecular weight excluding hydrogens is 436 g/mol. The highest BCUT2D eigenvalue weighted by Gasteiger charge is 2.16. The molecule has 0 fully saturated rings. The first kappa shape index (κ1) is 20.9. The Hall–Kier alpha value is -3.98. The summed E-state index contributed by atoms with van der Waals surface area (Å²) >= 11 is 1.49. The molecule has 0 aliphatic rings. The highest BCUT2D eigenvalue weighted by Crippen LogP contribution is 2.29. The van der Waals surface area contributed by atoms with Gasteiger partial charge in [-0.2, -0.15) is 0 Å². The smallest absolute Gasteiger partial charge is 0.210 e. The number of rotatable bonds is 7. The lowest BCUT2D eigenvalue weighted by atomic mass is 10.2. The number of hydrogen-bond donors (Lipinski definition) is 1. The molecule has 0 unspecified atom stereocenters. The van der Waals surface area contributed by atoms with E-state index in [0.717, 1.165) is 39.6 Å². The summed E-state index contributed by atoms with van der Waals surface area (Å²) in [5.41, 5.74) is 3.83. The maximum absolute atomic E-state index is 6.32. The largest absolute Gasteiger partial charge is 0.497 e. The van der Waals surface area contributed by atoms with Crippen molar-refractivity contribution >= 4 is 22.8 Å². The maximum atomic E-state index is 6.32. The molecule has 5 rings (SSSR count). The van der Waals surface area contributed by atoms with E-state index in [-0.39, 0.29) is 0 Å². The Morgan fingerprint density at radius 2 is 1.52 bits per heavy atom. The van der Waals surface area contributed by atoms with Gasteiger partial charge in [0.1, 0.15) is 17.3 Å². The van der Waals surface area contributed by atoms with Crippen molar-refractivity contribution in [2.75, 3.05) is 20.1 Å². The molecule has 0 saturated carbocycles. The number of nitrogens with two attached hydrogens (primary N) is 1. The first-order valence-electron chi connectivity index (χ1n) is 10.3. The number of imidazole rings is 1. The fourth-order valence-electron chi connectivity index (χ4n) is 3.63. The van der Waals surface area contributed by atoms with Crippen molar-refractivity contribution in [1.82, 2.24) is 24.4 Å². The molecule has 0 saturated heterocycles. The molecule has 8 nitrogen and oxygen atoms in total. The highest BCUT2D eigenvalue weighted by molar-refractivity contribution is 7.98. The Balaban J connectivity index is 1.45. The van der Waals surface area contributed by atoms with E-state index in [4.69, 9.17) is 20.3 Å². The van der Waals surface area contributed by atoms with Crippen LogP contribution in [-0.2, 0) is 5.75 Å². The van der Waals surface area contributed by atoms with Gasteiger partial charge < -0.3 is 15.3 Å². The van der Waals surface area contributed by atoms with Crippen LogP contribution in [0.5, 0.6) is 11.5 Å². The lowest BCUT2D eigenvalue weighted by Gasteiger charge is -2.10. The van der Waals surface area contributed by atoms with Crippen molar-refractivity contribution in [2.45, 2.75) is 10.9 Å². The molecule has 166 valence electrons. The minimum atomic E-state index is 0.568. The van der Waals surface area contributed by atoms with E-state index < -0.39 is 0 Å². The number of ether oxygens (including phenoxy) is 2. The fraction of sp³-hybridized carbons (Fsp3) is 0.125. The van der Waals surface area contributed by atoms with Gasteiger partial charge in [-0.1, -0.05) is 23.9 Å². The minimum Gasteiger partial charge on any atom is -0.497 e. The van der Waals surface area contributed by atoms with Crippen LogP contribution in [0.25, 0.3) is 28.1 Å². The summed E-state index contributed by atoms with van der Waals surface area (Å²) in [6, 6.07) is 23.6. The highest BCUT2D eigenvalue weighted by atomic mass is 32.2. The van der Waals surface area contributed by atoms with E-state index in [9.17, 15) is 0 Å². The van der Waals surface area contributed by atoms with Crippen molar-refractivity contribution in [3.05, 3.63) is 78.6 Å². The van der Waals surface area contributed by atoms with Crippen molar-refractivity contribution in [2.24, 2.45) is 0 Å². The van der Waals surface area contributed by atoms with Crippen molar-refractivity contribution < 1.29 is 9.47 Å². The lowest BCUT2D eigenvalue weighted by Crippen LogP contribution is -2.11. The van der Waals surface area contributed by atoms with Gasteiger partial charge >= 0.3 is 0 Å². The Morgan fingerprint density at radius 1 is 0.848 bits per heavy atom. The quantitative estimate of drug-likeness (QED) is 0.287. The summed E-state index contributed by atoms with van der Waals surface area (Å²) in [6.07, 6.45) is 0. The number of para-hydroxylation sites is 2. The van der Waals surface area contributed by atoms with Crippen LogP contribution in [0, 0.1) is 0 Å². The SMILES string of the molecule is COc1ccc(-c2nnc(SCc3nc4ccccc4n3-c3ccc(OC)cc3)n2N)cc1. The molecular formula is C24H22N6O2S. The van der Waals surface area contributed by atoms with Crippen LogP contribution in [0.4, 0.5) is 0 Å². The second-order valence-corrected chi connectivity index (χ2v) is 8.19. The number of methoxy groups -OCH3 is 2. The number of aromatic nitrogens is 5. The van der Waals surface area contributed by atoms with Gasteiger partial charge in [-0.3, -0.25) is 4.57 Å². The predicted octanol–water partition coefficient (Wildman–Crippen LogP) is 4.31. The average Bonchev–Trinajstić information content (AvgIpc) is 3.42. The van der Waals surface area contributed by atoms with Crippen LogP contribution >= 0.6 is 11.8 Å². The Morgan fingerprint density at radius 3 is 2.21 bits per heavy atom. The van der Waals surface area contributed by atoms with Gasteiger partial charge in [0.05, 0.1) is 31.0 Å². The third kappa shape index (κ3) is 3.98. The van der Waals surface area contributed by atoms with Gasteiger partial charge in [-0.25, -0.2) is 9.66 Å². The molecule has 0 aliphatic heterocycles. The predicted molar refractivity (Wildman–Crippen MR) is 129 cm³/mol. The Kier molecular flexibility index (Phi) is 5.62. The van der Waals surface area contributed by atoms with E-state index in [1.165, 1.54) is 16.4 Å². The monoisotopic (exact) mass is 458 g/mol. The molecule has 0 spiro atoms. The van der Waals surface area contributed by atoms with E-state index in [1.807, 2.05) is 66.7 Å². The van der Waals surface area contributed by atoms with Gasteiger partial charge in [0.2, 0.25) is 5.16 Å². The number of thioether (sulfide) groups is 1. The van der Waals surface area contributed by atoms with E-state index in [1.54, 1.807) is 14.2 Å². The second kappa shape index (κ2) is 8.87. The lowest BCUT2D eigenvalue weighted by molar-refractivity contribution is 0.414. The topological polar surface area (TPSA) is 93.0 Å². The zero-order valence-electron chi connectivity index (χ0n) is 18.2. The number of hydrogen-bond acceptors (Lipinski definition) is 7. The molecule has 0 radical (unpaired) electrons. The van der Waals surface area contributed by atoms with Crippen LogP contribution in [0.2, 0.25) is 0 Å². The summed E-state index contributed by atoms with van der Waals surface area (Å²) in [5.74, 6) is 9.95. The molecule has 0 amide bonds. The zero-order chi connectivity index (χ0) is 22.8. The summed E-state index contributed by atoms with van der Waals surface area (Å²) in [6.45, 7) is 0. The van der Waals surface area contributed by atoms with Crippen molar-refractivity contribution in [1.29, 1.82) is 0 Å². The molecule has 5 aromatic rings. The third-order valence-electron chi connectivity index (χ3n) is 5.30. The minimum absolute atomic E-state index is 0.568. The first-order chi connectivity index (χ1) is 16.2. The summed E-state index contributed by atoms with van der Waals surface area (Å²) in [7, 11) is 3.29. The number of nitrogen functional groups attached to an aromatic ring is 1. The standard InChI is InChI=1S/C24H22N6O2S/c1-31-18-11-7-16(8-12-18)23-27-28-24(30(23)25)33-15-22-26-20-5-3-4-6-21(20)29(22)17-9-13-19(32-2)14-10-17/h3-14H,15,25H2,1-2H3. The number of nitrogens with zero attached hydrogens (tertiary/aromatic N) is 5. The summed E-state index contributed by atoms with van der Waals surface area (Å²) in [4.78, 5) is 4.86. The molecule has 33 heavy (non-hydrogen) atoms. The Bertz CT molecular complexity index is 1390. The third-order valence-corrected chi connectivity index (χ3v) is 6.24. The van der Waals surface area contributed by atoms with Crippen LogP contribution in [0.1, 0.15) is 5.82 Å². The molecule has 2 heterocycles. The molecule has 2 N–H and O–H groups in total. The van der Waals surface area contributed by atoms with Gasteiger partial charge in [0.25, 0.3) is 0 Å². The van der Waals surface area contributed by atoms with E-state index in [2.05, 4.69) is 20.8 Å². The Labute approximate surface area is 195 Å². The fourth-order valence-corrected chi connectivity index (χ4v) is 4.41. The van der Waals surface area contributed by atoms with Gasteiger partial charge in [0, 0.05) is 11.3 Å². The van der Waals surface area contributed by atoms with Crippen LogP contribution in [-0.4, -0.2) is 38.6 Å². The van der Waals surface area contributed by atoms with Crippen LogP contribution < -0.4 is 15.3 Å². The molecule has 0 bridgehead atoms. The van der Waals surface area contributed by atoms with Gasteiger partial charge in [-0.05, 0) is 60.7 Å². The second-order valence-electron chi connectivity index (χ2n) is 7.24.